The van der Waals surface area contributed by atoms with Gasteiger partial charge in [0.25, 0.3) is 5.88 Å². The van der Waals surface area contributed by atoms with Crippen LogP contribution in [-0.4, -0.2) is 54.7 Å². The van der Waals surface area contributed by atoms with E-state index in [1.54, 1.807) is 25.1 Å². The van der Waals surface area contributed by atoms with Crippen LogP contribution in [0, 0.1) is 23.2 Å². The first kappa shape index (κ1) is 23.5. The Labute approximate surface area is 223 Å². The van der Waals surface area contributed by atoms with Crippen LogP contribution in [0.4, 0.5) is 5.69 Å². The highest BCUT2D eigenvalue weighted by molar-refractivity contribution is 7.00. The summed E-state index contributed by atoms with van der Waals surface area (Å²) in [6.45, 7) is 1.77. The summed E-state index contributed by atoms with van der Waals surface area (Å²) in [5.74, 6) is -2.37. The van der Waals surface area contributed by atoms with E-state index in [2.05, 4.69) is 20.0 Å². The van der Waals surface area contributed by atoms with Crippen molar-refractivity contribution in [1.82, 2.24) is 13.9 Å². The average Bonchev–Trinajstić information content (AvgIpc) is 3.67. The van der Waals surface area contributed by atoms with E-state index in [4.69, 9.17) is 25.6 Å². The van der Waals surface area contributed by atoms with Crippen molar-refractivity contribution < 1.29 is 28.7 Å². The molecule has 38 heavy (non-hydrogen) atoms. The molecule has 0 spiro atoms. The van der Waals surface area contributed by atoms with E-state index in [0.29, 0.717) is 32.6 Å². The number of carbonyl (C=O) groups is 2. The summed E-state index contributed by atoms with van der Waals surface area (Å²) >= 11 is 7.00. The number of rotatable bonds is 5. The number of carbonyl (C=O) groups excluding carboxylic acids is 2. The van der Waals surface area contributed by atoms with Crippen LogP contribution < -0.4 is 9.64 Å². The monoisotopic (exact) mass is 551 g/mol. The number of nitriles is 1. The molecule has 0 aliphatic carbocycles. The number of halogens is 1. The molecule has 192 valence electrons. The van der Waals surface area contributed by atoms with Gasteiger partial charge in [-0.2, -0.15) is 14.0 Å². The molecule has 2 aromatic heterocycles. The molecule has 7 rings (SSSR count). The molecule has 5 heterocycles. The molecule has 0 saturated carbocycles. The second-order valence-corrected chi connectivity index (χ2v) is 10.9. The van der Waals surface area contributed by atoms with Gasteiger partial charge in [0, 0.05) is 17.9 Å². The summed E-state index contributed by atoms with van der Waals surface area (Å²) in [7, 11) is 0. The summed E-state index contributed by atoms with van der Waals surface area (Å²) in [5, 5.41) is 25.4. The van der Waals surface area contributed by atoms with E-state index in [1.165, 1.54) is 12.1 Å². The van der Waals surface area contributed by atoms with Crippen LogP contribution in [0.2, 0.25) is 5.02 Å². The summed E-state index contributed by atoms with van der Waals surface area (Å²) in [6, 6.07) is 10.2. The molecule has 11 nitrogen and oxygen atoms in total. The van der Waals surface area contributed by atoms with Crippen LogP contribution in [0.3, 0.4) is 0 Å². The first-order valence-electron chi connectivity index (χ1n) is 11.9. The van der Waals surface area contributed by atoms with Gasteiger partial charge in [-0.3, -0.25) is 9.59 Å². The van der Waals surface area contributed by atoms with Crippen LogP contribution in [0.25, 0.3) is 22.0 Å². The van der Waals surface area contributed by atoms with Crippen LogP contribution in [-0.2, 0) is 14.3 Å². The van der Waals surface area contributed by atoms with E-state index in [-0.39, 0.29) is 31.0 Å². The average molecular weight is 552 g/mol. The third-order valence-corrected chi connectivity index (χ3v) is 8.80. The number of fused-ring (bicyclic) bond motifs is 7. The fourth-order valence-electron chi connectivity index (χ4n) is 6.30. The van der Waals surface area contributed by atoms with Gasteiger partial charge in [0.1, 0.15) is 22.7 Å². The molecule has 5 atom stereocenters. The molecule has 3 fully saturated rings. The molecule has 1 N–H and O–H groups in total. The molecule has 0 radical (unpaired) electrons. The molecule has 4 aromatic rings. The number of anilines is 1. The fourth-order valence-corrected chi connectivity index (χ4v) is 7.04. The Morgan fingerprint density at radius 2 is 2.03 bits per heavy atom. The van der Waals surface area contributed by atoms with Crippen LogP contribution in [0.15, 0.2) is 34.9 Å². The number of ether oxygens (including phenoxy) is 2. The minimum atomic E-state index is -1.24. The number of hydrogen-bond donors (Lipinski definition) is 1. The van der Waals surface area contributed by atoms with Crippen molar-refractivity contribution in [2.24, 2.45) is 11.8 Å². The van der Waals surface area contributed by atoms with Gasteiger partial charge in [-0.05, 0) is 42.4 Å². The standard InChI is InChI=1S/C25H18ClN5O6S/c1-24-16(32)9-25(37-24,6-7-35-21-13-8-12(26)3-5-15(13)36-28-21)18-17(24)22(33)31(23(18)34)14-4-2-11(10-27)19-20(14)30-38-29-19/h2-5,8,16-18,32H,6-7,9H2,1H3. The van der Waals surface area contributed by atoms with E-state index in [0.717, 1.165) is 16.6 Å². The highest BCUT2D eigenvalue weighted by Crippen LogP contribution is 2.62. The molecule has 3 saturated heterocycles. The lowest BCUT2D eigenvalue weighted by Gasteiger charge is -2.33. The van der Waals surface area contributed by atoms with E-state index in [1.807, 2.05) is 0 Å². The van der Waals surface area contributed by atoms with Gasteiger partial charge in [0.15, 0.2) is 5.58 Å². The molecule has 13 heteroatoms. The first-order valence-corrected chi connectivity index (χ1v) is 13.0. The lowest BCUT2D eigenvalue weighted by atomic mass is 9.66. The van der Waals surface area contributed by atoms with Crippen molar-refractivity contribution in [2.75, 3.05) is 11.5 Å². The lowest BCUT2D eigenvalue weighted by molar-refractivity contribution is -0.134. The van der Waals surface area contributed by atoms with E-state index < -0.39 is 41.0 Å². The van der Waals surface area contributed by atoms with Crippen molar-refractivity contribution in [1.29, 1.82) is 5.26 Å². The van der Waals surface area contributed by atoms with Crippen molar-refractivity contribution in [3.05, 3.63) is 40.9 Å². The van der Waals surface area contributed by atoms with Gasteiger partial charge >= 0.3 is 0 Å². The Balaban J connectivity index is 1.22. The third-order valence-electron chi connectivity index (χ3n) is 8.03. The second-order valence-electron chi connectivity index (χ2n) is 9.97. The number of imide groups is 1. The topological polar surface area (TPSA) is 152 Å². The largest absolute Gasteiger partial charge is 0.475 e. The SMILES string of the molecule is CC12OC(CCOc3noc4ccc(Cl)cc34)(CC1O)C1C(=O)N(c3ccc(C#N)c4nsnc34)C(=O)C12. The Hall–Kier alpha value is -3.63. The highest BCUT2D eigenvalue weighted by Gasteiger charge is 2.77. The zero-order valence-corrected chi connectivity index (χ0v) is 21.3. The summed E-state index contributed by atoms with van der Waals surface area (Å²) in [6.07, 6.45) is -0.550. The molecule has 5 unspecified atom stereocenters. The summed E-state index contributed by atoms with van der Waals surface area (Å²) < 4.78 is 26.0. The maximum absolute atomic E-state index is 13.9. The minimum absolute atomic E-state index is 0.0960. The van der Waals surface area contributed by atoms with Crippen molar-refractivity contribution in [3.63, 3.8) is 0 Å². The van der Waals surface area contributed by atoms with E-state index in [9.17, 15) is 20.0 Å². The van der Waals surface area contributed by atoms with Crippen molar-refractivity contribution >= 4 is 62.8 Å². The number of aliphatic hydroxyl groups is 1. The van der Waals surface area contributed by atoms with Crippen LogP contribution in [0.5, 0.6) is 5.88 Å². The van der Waals surface area contributed by atoms with Gasteiger partial charge in [0.2, 0.25) is 11.8 Å². The Morgan fingerprint density at radius 3 is 2.84 bits per heavy atom. The molecule has 3 aliphatic rings. The number of aromatic nitrogens is 3. The summed E-state index contributed by atoms with van der Waals surface area (Å²) in [5.41, 5.74) is -0.633. The number of aliphatic hydroxyl groups excluding tert-OH is 1. The van der Waals surface area contributed by atoms with Crippen molar-refractivity contribution in [2.45, 2.75) is 37.1 Å². The Kier molecular flexibility index (Phi) is 4.91. The van der Waals surface area contributed by atoms with Gasteiger partial charge < -0.3 is 19.1 Å². The van der Waals surface area contributed by atoms with Gasteiger partial charge in [0.05, 0.1) is 58.5 Å². The normalized spacial score (nSPS) is 29.9. The lowest BCUT2D eigenvalue weighted by Crippen LogP contribution is -2.49. The fraction of sp³-hybridized carbons (Fsp3) is 0.360. The van der Waals surface area contributed by atoms with Crippen LogP contribution in [0.1, 0.15) is 25.3 Å². The first-order chi connectivity index (χ1) is 18.3. The Bertz CT molecular complexity index is 1720. The maximum atomic E-state index is 13.9. The predicted octanol–water partition coefficient (Wildman–Crippen LogP) is 3.22. The van der Waals surface area contributed by atoms with Crippen LogP contribution >= 0.6 is 23.3 Å². The van der Waals surface area contributed by atoms with E-state index >= 15 is 0 Å². The number of benzene rings is 2. The molecule has 2 bridgehead atoms. The second kappa shape index (κ2) is 7.94. The third kappa shape index (κ3) is 2.98. The highest BCUT2D eigenvalue weighted by atomic mass is 35.5. The van der Waals surface area contributed by atoms with Gasteiger partial charge in [-0.1, -0.05) is 11.6 Å². The Morgan fingerprint density at radius 1 is 1.24 bits per heavy atom. The minimum Gasteiger partial charge on any atom is -0.475 e. The number of nitrogens with zero attached hydrogens (tertiary/aromatic N) is 5. The smallest absolute Gasteiger partial charge is 0.262 e. The zero-order valence-electron chi connectivity index (χ0n) is 19.8. The molecular formula is C25H18ClN5O6S. The predicted molar refractivity (Wildman–Crippen MR) is 134 cm³/mol. The summed E-state index contributed by atoms with van der Waals surface area (Å²) in [4.78, 5) is 28.8. The molecule has 3 aliphatic heterocycles. The maximum Gasteiger partial charge on any atom is 0.262 e. The molecule has 2 aromatic carbocycles. The molecular weight excluding hydrogens is 534 g/mol. The number of amides is 2. The zero-order chi connectivity index (χ0) is 26.4. The van der Waals surface area contributed by atoms with Gasteiger partial charge in [-0.15, -0.1) is 0 Å². The quantitative estimate of drug-likeness (QED) is 0.366. The van der Waals surface area contributed by atoms with Crippen molar-refractivity contribution in [3.8, 4) is 11.9 Å². The molecule has 2 amide bonds. The number of hydrogen-bond acceptors (Lipinski definition) is 11. The van der Waals surface area contributed by atoms with Gasteiger partial charge in [-0.25, -0.2) is 4.90 Å².